The predicted molar refractivity (Wildman–Crippen MR) is 55.8 cm³/mol. The Morgan fingerprint density at radius 1 is 1.62 bits per heavy atom. The zero-order valence-corrected chi connectivity index (χ0v) is 8.75. The van der Waals surface area contributed by atoms with E-state index >= 15 is 0 Å². The van der Waals surface area contributed by atoms with Gasteiger partial charge in [0, 0.05) is 13.2 Å². The molecule has 1 rings (SSSR count). The summed E-state index contributed by atoms with van der Waals surface area (Å²) in [5, 5.41) is 3.46. The number of hydrogen-bond acceptors (Lipinski definition) is 2. The van der Waals surface area contributed by atoms with Crippen LogP contribution >= 0.6 is 0 Å². The summed E-state index contributed by atoms with van der Waals surface area (Å²) in [7, 11) is 1.82. The van der Waals surface area contributed by atoms with Crippen LogP contribution in [0.2, 0.25) is 0 Å². The summed E-state index contributed by atoms with van der Waals surface area (Å²) >= 11 is 0. The molecule has 1 aliphatic rings. The Kier molecular flexibility index (Phi) is 4.46. The van der Waals surface area contributed by atoms with Crippen molar-refractivity contribution in [2.45, 2.75) is 38.3 Å². The lowest BCUT2D eigenvalue weighted by molar-refractivity contribution is 0.0524. The number of likely N-dealkylation sites (N-methyl/N-ethyl adjacent to an activating group) is 1. The molecule has 0 aromatic rings. The van der Waals surface area contributed by atoms with Crippen molar-refractivity contribution in [3.63, 3.8) is 0 Å². The van der Waals surface area contributed by atoms with Gasteiger partial charge in [-0.25, -0.2) is 0 Å². The van der Waals surface area contributed by atoms with E-state index in [1.807, 2.05) is 13.2 Å². The molecule has 1 aliphatic carbocycles. The van der Waals surface area contributed by atoms with Gasteiger partial charge in [-0.15, -0.1) is 6.58 Å². The van der Waals surface area contributed by atoms with Gasteiger partial charge in [0.1, 0.15) is 0 Å². The van der Waals surface area contributed by atoms with E-state index in [2.05, 4.69) is 18.8 Å². The van der Waals surface area contributed by atoms with E-state index in [0.29, 0.717) is 12.1 Å². The van der Waals surface area contributed by atoms with Crippen LogP contribution < -0.4 is 5.32 Å². The summed E-state index contributed by atoms with van der Waals surface area (Å²) in [6, 6.07) is 0.458. The van der Waals surface area contributed by atoms with Crippen molar-refractivity contribution in [3.8, 4) is 0 Å². The van der Waals surface area contributed by atoms with Gasteiger partial charge in [-0.3, -0.25) is 0 Å². The lowest BCUT2D eigenvalue weighted by atomic mass is 10.0. The van der Waals surface area contributed by atoms with Crippen molar-refractivity contribution in [2.24, 2.45) is 5.92 Å². The predicted octanol–water partition coefficient (Wildman–Crippen LogP) is 1.97. The van der Waals surface area contributed by atoms with Gasteiger partial charge >= 0.3 is 0 Å². The Hall–Kier alpha value is -0.340. The smallest absolute Gasteiger partial charge is 0.0755 e. The second kappa shape index (κ2) is 5.40. The Morgan fingerprint density at radius 3 is 2.69 bits per heavy atom. The molecular formula is C11H21NO. The quantitative estimate of drug-likeness (QED) is 0.609. The molecule has 0 aliphatic heterocycles. The van der Waals surface area contributed by atoms with E-state index in [9.17, 15) is 0 Å². The van der Waals surface area contributed by atoms with Crippen LogP contribution in [0.25, 0.3) is 0 Å². The van der Waals surface area contributed by atoms with E-state index in [-0.39, 0.29) is 0 Å². The maximum Gasteiger partial charge on any atom is 0.0755 e. The summed E-state index contributed by atoms with van der Waals surface area (Å²) in [5.41, 5.74) is 0. The molecule has 0 saturated heterocycles. The largest absolute Gasteiger partial charge is 0.380 e. The summed E-state index contributed by atoms with van der Waals surface area (Å²) in [5.74, 6) is 0.786. The minimum absolute atomic E-state index is 0.387. The summed E-state index contributed by atoms with van der Waals surface area (Å²) < 4.78 is 5.53. The van der Waals surface area contributed by atoms with Gasteiger partial charge in [0.2, 0.25) is 0 Å². The Morgan fingerprint density at radius 2 is 2.31 bits per heavy atom. The topological polar surface area (TPSA) is 21.3 Å². The van der Waals surface area contributed by atoms with E-state index in [0.717, 1.165) is 18.9 Å². The molecular weight excluding hydrogens is 162 g/mol. The molecule has 0 aromatic carbocycles. The molecule has 1 saturated carbocycles. The molecule has 0 amide bonds. The molecule has 13 heavy (non-hydrogen) atoms. The first kappa shape index (κ1) is 10.7. The van der Waals surface area contributed by atoms with Gasteiger partial charge in [0.15, 0.2) is 0 Å². The zero-order chi connectivity index (χ0) is 9.68. The van der Waals surface area contributed by atoms with Gasteiger partial charge in [-0.1, -0.05) is 13.0 Å². The fourth-order valence-corrected chi connectivity index (χ4v) is 1.89. The third-order valence-corrected chi connectivity index (χ3v) is 2.64. The SMILES string of the molecule is C=CCC(NCC)C(OC)C1CC1. The van der Waals surface area contributed by atoms with Gasteiger partial charge < -0.3 is 10.1 Å². The lowest BCUT2D eigenvalue weighted by Crippen LogP contribution is -2.41. The molecule has 2 unspecified atom stereocenters. The van der Waals surface area contributed by atoms with Crippen molar-refractivity contribution in [3.05, 3.63) is 12.7 Å². The van der Waals surface area contributed by atoms with Crippen molar-refractivity contribution < 1.29 is 4.74 Å². The Balaban J connectivity index is 2.42. The third-order valence-electron chi connectivity index (χ3n) is 2.64. The first-order valence-electron chi connectivity index (χ1n) is 5.20. The average molecular weight is 183 g/mol. The average Bonchev–Trinajstić information content (AvgIpc) is 2.90. The first-order chi connectivity index (χ1) is 6.33. The Bertz CT molecular complexity index is 154. The minimum atomic E-state index is 0.387. The highest BCUT2D eigenvalue weighted by molar-refractivity contribution is 4.93. The molecule has 1 N–H and O–H groups in total. The Labute approximate surface area is 81.4 Å². The van der Waals surface area contributed by atoms with Crippen LogP contribution in [0.3, 0.4) is 0 Å². The number of methoxy groups -OCH3 is 1. The normalized spacial score (nSPS) is 21.1. The second-order valence-corrected chi connectivity index (χ2v) is 3.73. The van der Waals surface area contributed by atoms with E-state index < -0.39 is 0 Å². The van der Waals surface area contributed by atoms with E-state index in [1.165, 1.54) is 12.8 Å². The standard InChI is InChI=1S/C11H21NO/c1-4-6-10(12-5-2)11(13-3)9-7-8-9/h4,9-12H,1,5-8H2,2-3H3. The van der Waals surface area contributed by atoms with Crippen LogP contribution in [0.15, 0.2) is 12.7 Å². The molecule has 76 valence electrons. The van der Waals surface area contributed by atoms with E-state index in [4.69, 9.17) is 4.74 Å². The van der Waals surface area contributed by atoms with E-state index in [1.54, 1.807) is 0 Å². The van der Waals surface area contributed by atoms with Crippen LogP contribution in [0.1, 0.15) is 26.2 Å². The highest BCUT2D eigenvalue weighted by Crippen LogP contribution is 2.36. The van der Waals surface area contributed by atoms with Crippen LogP contribution in [0.5, 0.6) is 0 Å². The molecule has 2 nitrogen and oxygen atoms in total. The third kappa shape index (κ3) is 3.12. The molecule has 2 heteroatoms. The highest BCUT2D eigenvalue weighted by Gasteiger charge is 2.35. The molecule has 0 radical (unpaired) electrons. The van der Waals surface area contributed by atoms with Crippen molar-refractivity contribution >= 4 is 0 Å². The zero-order valence-electron chi connectivity index (χ0n) is 8.75. The molecule has 1 fully saturated rings. The van der Waals surface area contributed by atoms with Crippen LogP contribution in [0, 0.1) is 5.92 Å². The molecule has 0 spiro atoms. The fraction of sp³-hybridized carbons (Fsp3) is 0.818. The monoisotopic (exact) mass is 183 g/mol. The summed E-state index contributed by atoms with van der Waals surface area (Å²) in [4.78, 5) is 0. The van der Waals surface area contributed by atoms with Crippen LogP contribution in [-0.4, -0.2) is 25.8 Å². The van der Waals surface area contributed by atoms with Gasteiger partial charge in [0.05, 0.1) is 6.10 Å². The first-order valence-corrected chi connectivity index (χ1v) is 5.20. The number of nitrogens with one attached hydrogen (secondary N) is 1. The maximum absolute atomic E-state index is 5.53. The van der Waals surface area contributed by atoms with Gasteiger partial charge in [0.25, 0.3) is 0 Å². The van der Waals surface area contributed by atoms with Crippen LogP contribution in [0.4, 0.5) is 0 Å². The highest BCUT2D eigenvalue weighted by atomic mass is 16.5. The summed E-state index contributed by atoms with van der Waals surface area (Å²) in [6.07, 6.45) is 6.03. The van der Waals surface area contributed by atoms with Crippen molar-refractivity contribution in [1.82, 2.24) is 5.32 Å². The summed E-state index contributed by atoms with van der Waals surface area (Å²) in [6.45, 7) is 6.92. The molecule has 0 bridgehead atoms. The molecule has 0 aromatic heterocycles. The molecule has 0 heterocycles. The maximum atomic E-state index is 5.53. The second-order valence-electron chi connectivity index (χ2n) is 3.73. The molecule has 2 atom stereocenters. The lowest BCUT2D eigenvalue weighted by Gasteiger charge is -2.25. The number of rotatable bonds is 7. The minimum Gasteiger partial charge on any atom is -0.380 e. The van der Waals surface area contributed by atoms with Crippen molar-refractivity contribution in [1.29, 1.82) is 0 Å². The fourth-order valence-electron chi connectivity index (χ4n) is 1.89. The van der Waals surface area contributed by atoms with Crippen LogP contribution in [-0.2, 0) is 4.74 Å². The van der Waals surface area contributed by atoms with Gasteiger partial charge in [-0.2, -0.15) is 0 Å². The van der Waals surface area contributed by atoms with Gasteiger partial charge in [-0.05, 0) is 31.7 Å². The number of ether oxygens (including phenoxy) is 1. The number of hydrogen-bond donors (Lipinski definition) is 1. The van der Waals surface area contributed by atoms with Crippen molar-refractivity contribution in [2.75, 3.05) is 13.7 Å².